The van der Waals surface area contributed by atoms with Gasteiger partial charge in [-0.2, -0.15) is 0 Å². The average molecular weight is 355 g/mol. The summed E-state index contributed by atoms with van der Waals surface area (Å²) in [6, 6.07) is 15.9. The maximum Gasteiger partial charge on any atom is 0.191 e. The van der Waals surface area contributed by atoms with Crippen molar-refractivity contribution in [2.45, 2.75) is 13.2 Å². The van der Waals surface area contributed by atoms with Crippen molar-refractivity contribution >= 4 is 5.96 Å². The second-order valence-electron chi connectivity index (χ2n) is 6.03. The molecule has 1 fully saturated rings. The van der Waals surface area contributed by atoms with E-state index in [9.17, 15) is 0 Å². The predicted octanol–water partition coefficient (Wildman–Crippen LogP) is 2.42. The molecule has 0 atom stereocenters. The van der Waals surface area contributed by atoms with Crippen molar-refractivity contribution < 1.29 is 14.2 Å². The van der Waals surface area contributed by atoms with Crippen LogP contribution in [0.15, 0.2) is 53.5 Å². The lowest BCUT2D eigenvalue weighted by atomic mass is 10.2. The number of nitrogens with zero attached hydrogens (tertiary/aromatic N) is 2. The van der Waals surface area contributed by atoms with Gasteiger partial charge in [-0.1, -0.05) is 36.4 Å². The number of ether oxygens (including phenoxy) is 3. The van der Waals surface area contributed by atoms with Gasteiger partial charge in [-0.3, -0.25) is 0 Å². The van der Waals surface area contributed by atoms with Crippen LogP contribution in [0.2, 0.25) is 0 Å². The van der Waals surface area contributed by atoms with Crippen LogP contribution in [0.5, 0.6) is 11.5 Å². The SMILES string of the molecule is COc1cc(CN=C(N)N2CCOCC2)ccc1OCc1ccccc1. The number of rotatable bonds is 6. The first kappa shape index (κ1) is 18.1. The van der Waals surface area contributed by atoms with Crippen molar-refractivity contribution in [1.29, 1.82) is 0 Å². The van der Waals surface area contributed by atoms with E-state index in [0.717, 1.165) is 24.2 Å². The molecular formula is C20H25N3O3. The Bertz CT molecular complexity index is 728. The molecule has 26 heavy (non-hydrogen) atoms. The van der Waals surface area contributed by atoms with Crippen LogP contribution >= 0.6 is 0 Å². The number of hydrogen-bond donors (Lipinski definition) is 1. The molecule has 0 aromatic heterocycles. The van der Waals surface area contributed by atoms with Crippen LogP contribution in [0.3, 0.4) is 0 Å². The lowest BCUT2D eigenvalue weighted by molar-refractivity contribution is 0.0674. The predicted molar refractivity (Wildman–Crippen MR) is 101 cm³/mol. The Morgan fingerprint density at radius 2 is 1.85 bits per heavy atom. The summed E-state index contributed by atoms with van der Waals surface area (Å²) in [6.07, 6.45) is 0. The number of methoxy groups -OCH3 is 1. The van der Waals surface area contributed by atoms with Crippen LogP contribution in [0.1, 0.15) is 11.1 Å². The van der Waals surface area contributed by atoms with E-state index in [-0.39, 0.29) is 0 Å². The molecule has 0 bridgehead atoms. The van der Waals surface area contributed by atoms with E-state index < -0.39 is 0 Å². The first-order valence-corrected chi connectivity index (χ1v) is 8.72. The Hall–Kier alpha value is -2.73. The van der Waals surface area contributed by atoms with Crippen LogP contribution in [-0.2, 0) is 17.9 Å². The molecule has 1 saturated heterocycles. The fraction of sp³-hybridized carbons (Fsp3) is 0.350. The number of nitrogens with two attached hydrogens (primary N) is 1. The van der Waals surface area contributed by atoms with Crippen molar-refractivity contribution in [3.8, 4) is 11.5 Å². The standard InChI is InChI=1S/C20H25N3O3/c1-24-19-13-17(14-22-20(21)23-9-11-25-12-10-23)7-8-18(19)26-15-16-5-3-2-4-6-16/h2-8,13H,9-12,14-15H2,1H3,(H2,21,22). The van der Waals surface area contributed by atoms with E-state index >= 15 is 0 Å². The van der Waals surface area contributed by atoms with E-state index in [0.29, 0.717) is 43.8 Å². The Labute approximate surface area is 154 Å². The number of hydrogen-bond acceptors (Lipinski definition) is 4. The Balaban J connectivity index is 1.62. The van der Waals surface area contributed by atoms with Gasteiger partial charge in [-0.05, 0) is 23.3 Å². The lowest BCUT2D eigenvalue weighted by Gasteiger charge is -2.27. The monoisotopic (exact) mass is 355 g/mol. The first-order valence-electron chi connectivity index (χ1n) is 8.72. The summed E-state index contributed by atoms with van der Waals surface area (Å²) in [5.41, 5.74) is 8.20. The lowest BCUT2D eigenvalue weighted by Crippen LogP contribution is -2.44. The van der Waals surface area contributed by atoms with Gasteiger partial charge in [0.15, 0.2) is 17.5 Å². The zero-order valence-corrected chi connectivity index (χ0v) is 15.1. The molecule has 3 rings (SSSR count). The van der Waals surface area contributed by atoms with E-state index in [2.05, 4.69) is 4.99 Å². The number of aliphatic imine (C=N–C) groups is 1. The summed E-state index contributed by atoms with van der Waals surface area (Å²) in [6.45, 7) is 3.95. The summed E-state index contributed by atoms with van der Waals surface area (Å²) in [5, 5.41) is 0. The molecule has 6 nitrogen and oxygen atoms in total. The number of guanidine groups is 1. The smallest absolute Gasteiger partial charge is 0.191 e. The minimum absolute atomic E-state index is 0.499. The highest BCUT2D eigenvalue weighted by Crippen LogP contribution is 2.29. The van der Waals surface area contributed by atoms with Crippen LogP contribution in [0.25, 0.3) is 0 Å². The molecule has 0 radical (unpaired) electrons. The molecule has 1 aliphatic heterocycles. The molecule has 0 spiro atoms. The fourth-order valence-corrected chi connectivity index (χ4v) is 2.73. The topological polar surface area (TPSA) is 69.3 Å². The molecule has 0 amide bonds. The van der Waals surface area contributed by atoms with Crippen molar-refractivity contribution in [3.05, 3.63) is 59.7 Å². The van der Waals surface area contributed by atoms with Gasteiger partial charge in [-0.15, -0.1) is 0 Å². The van der Waals surface area contributed by atoms with Gasteiger partial charge in [0.05, 0.1) is 26.9 Å². The molecule has 0 aliphatic carbocycles. The molecule has 6 heteroatoms. The molecule has 2 aromatic rings. The quantitative estimate of drug-likeness (QED) is 0.637. The molecule has 2 aromatic carbocycles. The minimum atomic E-state index is 0.499. The third-order valence-electron chi connectivity index (χ3n) is 4.22. The zero-order valence-electron chi connectivity index (χ0n) is 15.1. The van der Waals surface area contributed by atoms with E-state index in [1.807, 2.05) is 53.4 Å². The zero-order chi connectivity index (χ0) is 18.2. The third-order valence-corrected chi connectivity index (χ3v) is 4.22. The number of benzene rings is 2. The van der Waals surface area contributed by atoms with Crippen LogP contribution in [0.4, 0.5) is 0 Å². The Morgan fingerprint density at radius 1 is 1.08 bits per heavy atom. The van der Waals surface area contributed by atoms with Gasteiger partial charge < -0.3 is 24.8 Å². The fourth-order valence-electron chi connectivity index (χ4n) is 2.73. The van der Waals surface area contributed by atoms with E-state index in [1.165, 1.54) is 0 Å². The highest BCUT2D eigenvalue weighted by Gasteiger charge is 2.12. The highest BCUT2D eigenvalue weighted by atomic mass is 16.5. The normalized spacial score (nSPS) is 15.0. The van der Waals surface area contributed by atoms with Crippen molar-refractivity contribution in [3.63, 3.8) is 0 Å². The van der Waals surface area contributed by atoms with Gasteiger partial charge in [-0.25, -0.2) is 4.99 Å². The summed E-state index contributed by atoms with van der Waals surface area (Å²) < 4.78 is 16.7. The summed E-state index contributed by atoms with van der Waals surface area (Å²) in [7, 11) is 1.64. The summed E-state index contributed by atoms with van der Waals surface area (Å²) in [5.74, 6) is 1.96. The summed E-state index contributed by atoms with van der Waals surface area (Å²) >= 11 is 0. The van der Waals surface area contributed by atoms with Crippen LogP contribution in [-0.4, -0.2) is 44.3 Å². The van der Waals surface area contributed by atoms with Gasteiger partial charge in [0, 0.05) is 13.1 Å². The van der Waals surface area contributed by atoms with Gasteiger partial charge in [0.2, 0.25) is 0 Å². The maximum atomic E-state index is 6.07. The van der Waals surface area contributed by atoms with Gasteiger partial charge >= 0.3 is 0 Å². The second-order valence-corrected chi connectivity index (χ2v) is 6.03. The average Bonchev–Trinajstić information content (AvgIpc) is 2.72. The molecule has 138 valence electrons. The van der Waals surface area contributed by atoms with Crippen LogP contribution in [0, 0.1) is 0 Å². The largest absolute Gasteiger partial charge is 0.493 e. The first-order chi connectivity index (χ1) is 12.8. The Kier molecular flexibility index (Phi) is 6.33. The van der Waals surface area contributed by atoms with Crippen molar-refractivity contribution in [1.82, 2.24) is 4.90 Å². The van der Waals surface area contributed by atoms with E-state index in [1.54, 1.807) is 7.11 Å². The van der Waals surface area contributed by atoms with Gasteiger partial charge in [0.1, 0.15) is 6.61 Å². The molecule has 1 heterocycles. The van der Waals surface area contributed by atoms with Crippen molar-refractivity contribution in [2.75, 3.05) is 33.4 Å². The maximum absolute atomic E-state index is 6.07. The minimum Gasteiger partial charge on any atom is -0.493 e. The number of morpholine rings is 1. The molecule has 1 aliphatic rings. The molecule has 0 unspecified atom stereocenters. The van der Waals surface area contributed by atoms with Gasteiger partial charge in [0.25, 0.3) is 0 Å². The molecule has 2 N–H and O–H groups in total. The van der Waals surface area contributed by atoms with Crippen molar-refractivity contribution in [2.24, 2.45) is 10.7 Å². The highest BCUT2D eigenvalue weighted by molar-refractivity contribution is 5.78. The van der Waals surface area contributed by atoms with Crippen LogP contribution < -0.4 is 15.2 Å². The molecule has 0 saturated carbocycles. The second kappa shape index (κ2) is 9.10. The van der Waals surface area contributed by atoms with E-state index in [4.69, 9.17) is 19.9 Å². The summed E-state index contributed by atoms with van der Waals surface area (Å²) in [4.78, 5) is 6.52. The molecular weight excluding hydrogens is 330 g/mol. The third kappa shape index (κ3) is 4.89. The Morgan fingerprint density at radius 3 is 2.58 bits per heavy atom.